The highest BCUT2D eigenvalue weighted by Gasteiger charge is 2.24. The minimum atomic E-state index is 0.251. The summed E-state index contributed by atoms with van der Waals surface area (Å²) in [5.74, 6) is 1.42. The quantitative estimate of drug-likeness (QED) is 0.672. The van der Waals surface area contributed by atoms with Gasteiger partial charge in [0.2, 0.25) is 0 Å². The fraction of sp³-hybridized carbons (Fsp3) is 0.733. The number of allylic oxidation sites excluding steroid dienone is 1. The molecule has 0 aromatic heterocycles. The zero-order valence-electron chi connectivity index (χ0n) is 12.0. The predicted molar refractivity (Wildman–Crippen MR) is 73.2 cm³/mol. The van der Waals surface area contributed by atoms with Crippen molar-refractivity contribution in [2.75, 3.05) is 14.1 Å². The van der Waals surface area contributed by atoms with Gasteiger partial charge < -0.3 is 4.90 Å². The van der Waals surface area contributed by atoms with Gasteiger partial charge in [0.15, 0.2) is 5.78 Å². The molecule has 3 nitrogen and oxygen atoms in total. The fourth-order valence-corrected chi connectivity index (χ4v) is 2.37. The Morgan fingerprint density at radius 1 is 1.06 bits per heavy atom. The van der Waals surface area contributed by atoms with Crippen LogP contribution in [0, 0.1) is 11.8 Å². The van der Waals surface area contributed by atoms with E-state index in [1.807, 2.05) is 39.0 Å². The Kier molecular flexibility index (Phi) is 5.57. The van der Waals surface area contributed by atoms with Crippen LogP contribution in [0.4, 0.5) is 0 Å². The summed E-state index contributed by atoms with van der Waals surface area (Å²) in [4.78, 5) is 23.9. The number of carbonyl (C=O) groups excluding carboxylic acids is 2. The zero-order chi connectivity index (χ0) is 13.7. The Labute approximate surface area is 110 Å². The summed E-state index contributed by atoms with van der Waals surface area (Å²) in [7, 11) is 3.90. The van der Waals surface area contributed by atoms with Crippen molar-refractivity contribution < 1.29 is 9.59 Å². The number of hydrogen-bond donors (Lipinski definition) is 0. The lowest BCUT2D eigenvalue weighted by Gasteiger charge is -2.05. The second kappa shape index (κ2) is 6.72. The fourth-order valence-electron chi connectivity index (χ4n) is 2.37. The van der Waals surface area contributed by atoms with Crippen LogP contribution in [0.15, 0.2) is 11.8 Å². The maximum Gasteiger partial charge on any atom is 0.163 e. The van der Waals surface area contributed by atoms with E-state index >= 15 is 0 Å². The minimum absolute atomic E-state index is 0.251. The molecule has 0 spiro atoms. The van der Waals surface area contributed by atoms with E-state index in [4.69, 9.17) is 0 Å². The summed E-state index contributed by atoms with van der Waals surface area (Å²) in [6, 6.07) is 0. The van der Waals surface area contributed by atoms with Crippen LogP contribution in [0.5, 0.6) is 0 Å². The molecule has 0 aromatic carbocycles. The van der Waals surface area contributed by atoms with Gasteiger partial charge in [-0.3, -0.25) is 9.59 Å². The first-order valence-electron chi connectivity index (χ1n) is 6.86. The molecule has 0 amide bonds. The molecule has 2 atom stereocenters. The molecule has 102 valence electrons. The minimum Gasteiger partial charge on any atom is -0.383 e. The molecule has 2 saturated carbocycles. The van der Waals surface area contributed by atoms with E-state index in [2.05, 4.69) is 0 Å². The van der Waals surface area contributed by atoms with Gasteiger partial charge in [0, 0.05) is 44.1 Å². The van der Waals surface area contributed by atoms with Gasteiger partial charge in [0.05, 0.1) is 0 Å². The summed E-state index contributed by atoms with van der Waals surface area (Å²) in [6.45, 7) is 4.01. The average Bonchev–Trinajstić information content (AvgIpc) is 2.80. The number of carbonyl (C=O) groups is 2. The molecule has 2 aliphatic carbocycles. The molecular weight excluding hydrogens is 226 g/mol. The Balaban J connectivity index is 0.000000199. The SMILES string of the molecule is CC1CC/C(=C/N(C)C)C1=O.CC1CCCC1=O. The highest BCUT2D eigenvalue weighted by molar-refractivity contribution is 5.98. The first-order valence-corrected chi connectivity index (χ1v) is 6.86. The van der Waals surface area contributed by atoms with Crippen molar-refractivity contribution in [3.63, 3.8) is 0 Å². The molecule has 0 aromatic rings. The Bertz CT molecular complexity index is 344. The number of rotatable bonds is 1. The van der Waals surface area contributed by atoms with Gasteiger partial charge in [-0.2, -0.15) is 0 Å². The van der Waals surface area contributed by atoms with Crippen molar-refractivity contribution in [3.05, 3.63) is 11.8 Å². The molecule has 0 heterocycles. The third kappa shape index (κ3) is 4.28. The maximum atomic E-state index is 11.3. The third-order valence-electron chi connectivity index (χ3n) is 3.63. The predicted octanol–water partition coefficient (Wildman–Crippen LogP) is 2.81. The summed E-state index contributed by atoms with van der Waals surface area (Å²) in [5, 5.41) is 0. The smallest absolute Gasteiger partial charge is 0.163 e. The van der Waals surface area contributed by atoms with Crippen LogP contribution in [0.25, 0.3) is 0 Å². The van der Waals surface area contributed by atoms with Gasteiger partial charge in [0.25, 0.3) is 0 Å². The number of ketones is 2. The van der Waals surface area contributed by atoms with Gasteiger partial charge in [-0.05, 0) is 25.7 Å². The van der Waals surface area contributed by atoms with E-state index in [0.29, 0.717) is 17.5 Å². The molecule has 2 unspecified atom stereocenters. The molecule has 0 bridgehead atoms. The van der Waals surface area contributed by atoms with Crippen LogP contribution in [0.3, 0.4) is 0 Å². The standard InChI is InChI=1S/C9H15NO.C6H10O/c1-7-4-5-8(9(7)11)6-10(2)3;1-5-3-2-4-6(5)7/h6-7H,4-5H2,1-3H3;5H,2-4H2,1H3/b8-6-;. The van der Waals surface area contributed by atoms with E-state index in [0.717, 1.165) is 37.7 Å². The molecule has 2 rings (SSSR count). The molecule has 3 heteroatoms. The van der Waals surface area contributed by atoms with E-state index in [9.17, 15) is 9.59 Å². The van der Waals surface area contributed by atoms with E-state index in [-0.39, 0.29) is 5.92 Å². The first-order chi connectivity index (χ1) is 8.41. The van der Waals surface area contributed by atoms with Crippen LogP contribution < -0.4 is 0 Å². The summed E-state index contributed by atoms with van der Waals surface area (Å²) in [6.07, 6.45) is 7.00. The van der Waals surface area contributed by atoms with Crippen molar-refractivity contribution in [2.24, 2.45) is 11.8 Å². The van der Waals surface area contributed by atoms with Crippen molar-refractivity contribution in [3.8, 4) is 0 Å². The van der Waals surface area contributed by atoms with Crippen molar-refractivity contribution >= 4 is 11.6 Å². The Hall–Kier alpha value is -1.12. The average molecular weight is 251 g/mol. The molecule has 0 aliphatic heterocycles. The van der Waals surface area contributed by atoms with Crippen molar-refractivity contribution in [2.45, 2.75) is 46.0 Å². The number of nitrogens with zero attached hydrogens (tertiary/aromatic N) is 1. The number of Topliss-reactive ketones (excluding diaryl/α,β-unsaturated/α-hetero) is 2. The first kappa shape index (κ1) is 14.9. The van der Waals surface area contributed by atoms with Crippen LogP contribution in [-0.2, 0) is 9.59 Å². The van der Waals surface area contributed by atoms with Gasteiger partial charge in [-0.25, -0.2) is 0 Å². The van der Waals surface area contributed by atoms with Crippen LogP contribution in [0.2, 0.25) is 0 Å². The second-order valence-electron chi connectivity index (χ2n) is 5.68. The maximum absolute atomic E-state index is 11.3. The van der Waals surface area contributed by atoms with Crippen molar-refractivity contribution in [1.29, 1.82) is 0 Å². The molecule has 0 N–H and O–H groups in total. The third-order valence-corrected chi connectivity index (χ3v) is 3.63. The molecule has 18 heavy (non-hydrogen) atoms. The zero-order valence-corrected chi connectivity index (χ0v) is 12.0. The Morgan fingerprint density at radius 3 is 2.00 bits per heavy atom. The molecule has 2 aliphatic rings. The molecular formula is C15H25NO2. The highest BCUT2D eigenvalue weighted by atomic mass is 16.1. The normalized spacial score (nSPS) is 29.4. The lowest BCUT2D eigenvalue weighted by Crippen LogP contribution is -2.08. The van der Waals surface area contributed by atoms with Crippen molar-refractivity contribution in [1.82, 2.24) is 4.90 Å². The van der Waals surface area contributed by atoms with E-state index in [1.165, 1.54) is 0 Å². The number of hydrogen-bond acceptors (Lipinski definition) is 3. The topological polar surface area (TPSA) is 37.4 Å². The molecule has 0 saturated heterocycles. The lowest BCUT2D eigenvalue weighted by atomic mass is 10.1. The largest absolute Gasteiger partial charge is 0.383 e. The summed E-state index contributed by atoms with van der Waals surface area (Å²) < 4.78 is 0. The molecule has 2 fully saturated rings. The van der Waals surface area contributed by atoms with E-state index in [1.54, 1.807) is 0 Å². The highest BCUT2D eigenvalue weighted by Crippen LogP contribution is 2.25. The molecule has 0 radical (unpaired) electrons. The van der Waals surface area contributed by atoms with Gasteiger partial charge >= 0.3 is 0 Å². The van der Waals surface area contributed by atoms with Crippen LogP contribution in [0.1, 0.15) is 46.0 Å². The second-order valence-corrected chi connectivity index (χ2v) is 5.68. The van der Waals surface area contributed by atoms with Gasteiger partial charge in [0.1, 0.15) is 5.78 Å². The van der Waals surface area contributed by atoms with Gasteiger partial charge in [-0.15, -0.1) is 0 Å². The monoisotopic (exact) mass is 251 g/mol. The summed E-state index contributed by atoms with van der Waals surface area (Å²) in [5.41, 5.74) is 0.988. The van der Waals surface area contributed by atoms with E-state index < -0.39 is 0 Å². The Morgan fingerprint density at radius 2 is 1.72 bits per heavy atom. The summed E-state index contributed by atoms with van der Waals surface area (Å²) >= 11 is 0. The van der Waals surface area contributed by atoms with Gasteiger partial charge in [-0.1, -0.05) is 13.8 Å². The lowest BCUT2D eigenvalue weighted by molar-refractivity contribution is -0.120. The van der Waals surface area contributed by atoms with Crippen LogP contribution >= 0.6 is 0 Å². The van der Waals surface area contributed by atoms with Crippen LogP contribution in [-0.4, -0.2) is 30.6 Å².